The lowest BCUT2D eigenvalue weighted by atomic mass is 10.1. The number of amides is 1. The van der Waals surface area contributed by atoms with Gasteiger partial charge in [-0.05, 0) is 37.6 Å². The molecular weight excluding hydrogens is 284 g/mol. The number of hydrogen-bond acceptors (Lipinski definition) is 4. The molecular formula is C16H20N2O2S. The van der Waals surface area contributed by atoms with E-state index in [-0.39, 0.29) is 5.91 Å². The molecule has 0 unspecified atom stereocenters. The van der Waals surface area contributed by atoms with E-state index in [1.54, 1.807) is 24.3 Å². The SMILES string of the molecule is CCN(CCOC)C(=O)c1ccnc2c(S)cc(C)cc12. The molecule has 21 heavy (non-hydrogen) atoms. The number of fused-ring (bicyclic) bond motifs is 1. The minimum atomic E-state index is 0.000262. The molecule has 4 nitrogen and oxygen atoms in total. The number of ether oxygens (including phenoxy) is 1. The summed E-state index contributed by atoms with van der Waals surface area (Å²) in [6.45, 7) is 5.70. The van der Waals surface area contributed by atoms with E-state index in [1.165, 1.54) is 0 Å². The van der Waals surface area contributed by atoms with Crippen LogP contribution in [0.25, 0.3) is 10.9 Å². The van der Waals surface area contributed by atoms with Crippen molar-refractivity contribution in [3.8, 4) is 0 Å². The molecule has 112 valence electrons. The average Bonchev–Trinajstić information content (AvgIpc) is 2.47. The highest BCUT2D eigenvalue weighted by Gasteiger charge is 2.17. The molecule has 0 radical (unpaired) electrons. The van der Waals surface area contributed by atoms with Gasteiger partial charge in [0, 0.05) is 36.7 Å². The van der Waals surface area contributed by atoms with Crippen molar-refractivity contribution in [2.24, 2.45) is 0 Å². The Morgan fingerprint density at radius 2 is 2.19 bits per heavy atom. The first-order chi connectivity index (χ1) is 10.1. The highest BCUT2D eigenvalue weighted by atomic mass is 32.1. The number of pyridine rings is 1. The molecule has 1 heterocycles. The lowest BCUT2D eigenvalue weighted by Crippen LogP contribution is -2.33. The Balaban J connectivity index is 2.48. The van der Waals surface area contributed by atoms with Crippen molar-refractivity contribution in [2.75, 3.05) is 26.8 Å². The molecule has 0 saturated heterocycles. The molecule has 0 aliphatic carbocycles. The van der Waals surface area contributed by atoms with Gasteiger partial charge in [-0.2, -0.15) is 0 Å². The normalized spacial score (nSPS) is 10.9. The zero-order valence-electron chi connectivity index (χ0n) is 12.6. The van der Waals surface area contributed by atoms with Crippen LogP contribution in [0.1, 0.15) is 22.8 Å². The summed E-state index contributed by atoms with van der Waals surface area (Å²) in [5, 5.41) is 0.850. The number of rotatable bonds is 5. The first kappa shape index (κ1) is 15.8. The Morgan fingerprint density at radius 1 is 1.43 bits per heavy atom. The molecule has 0 bridgehead atoms. The van der Waals surface area contributed by atoms with Crippen LogP contribution in [-0.2, 0) is 4.74 Å². The Morgan fingerprint density at radius 3 is 2.86 bits per heavy atom. The molecule has 0 saturated carbocycles. The van der Waals surface area contributed by atoms with Crippen molar-refractivity contribution in [3.63, 3.8) is 0 Å². The molecule has 2 rings (SSSR count). The smallest absolute Gasteiger partial charge is 0.254 e. The number of aryl methyl sites for hydroxylation is 1. The quantitative estimate of drug-likeness (QED) is 0.864. The van der Waals surface area contributed by atoms with E-state index < -0.39 is 0 Å². The number of likely N-dealkylation sites (N-methyl/N-ethyl adjacent to an activating group) is 1. The van der Waals surface area contributed by atoms with Crippen molar-refractivity contribution in [3.05, 3.63) is 35.5 Å². The fraction of sp³-hybridized carbons (Fsp3) is 0.375. The second kappa shape index (κ2) is 6.91. The van der Waals surface area contributed by atoms with E-state index in [2.05, 4.69) is 17.6 Å². The van der Waals surface area contributed by atoms with Crippen molar-refractivity contribution in [1.82, 2.24) is 9.88 Å². The third-order valence-corrected chi connectivity index (χ3v) is 3.77. The lowest BCUT2D eigenvalue weighted by molar-refractivity contribution is 0.0708. The molecule has 0 fully saturated rings. The monoisotopic (exact) mass is 304 g/mol. The highest BCUT2D eigenvalue weighted by Crippen LogP contribution is 2.25. The molecule has 0 spiro atoms. The molecule has 1 aromatic carbocycles. The van der Waals surface area contributed by atoms with Crippen molar-refractivity contribution in [2.45, 2.75) is 18.7 Å². The fourth-order valence-corrected chi connectivity index (χ4v) is 2.72. The first-order valence-electron chi connectivity index (χ1n) is 6.95. The zero-order chi connectivity index (χ0) is 15.4. The molecule has 2 aromatic rings. The van der Waals surface area contributed by atoms with Gasteiger partial charge in [0.25, 0.3) is 5.91 Å². The summed E-state index contributed by atoms with van der Waals surface area (Å²) >= 11 is 4.46. The zero-order valence-corrected chi connectivity index (χ0v) is 13.5. The Kier molecular flexibility index (Phi) is 5.20. The van der Waals surface area contributed by atoms with Crippen LogP contribution in [0.3, 0.4) is 0 Å². The number of methoxy groups -OCH3 is 1. The van der Waals surface area contributed by atoms with E-state index in [4.69, 9.17) is 4.74 Å². The summed E-state index contributed by atoms with van der Waals surface area (Å²) in [6, 6.07) is 5.71. The molecule has 0 N–H and O–H groups in total. The number of nitrogens with zero attached hydrogens (tertiary/aromatic N) is 2. The van der Waals surface area contributed by atoms with Gasteiger partial charge in [0.2, 0.25) is 0 Å². The summed E-state index contributed by atoms with van der Waals surface area (Å²) < 4.78 is 5.07. The van der Waals surface area contributed by atoms with Gasteiger partial charge in [-0.25, -0.2) is 0 Å². The predicted octanol–water partition coefficient (Wildman–Crippen LogP) is 2.94. The average molecular weight is 304 g/mol. The number of aromatic nitrogens is 1. The van der Waals surface area contributed by atoms with E-state index in [1.807, 2.05) is 26.0 Å². The summed E-state index contributed by atoms with van der Waals surface area (Å²) in [7, 11) is 1.64. The van der Waals surface area contributed by atoms with Crippen LogP contribution in [0.4, 0.5) is 0 Å². The minimum Gasteiger partial charge on any atom is -0.383 e. The summed E-state index contributed by atoms with van der Waals surface area (Å²) in [5.74, 6) is 0.000262. The molecule has 0 aliphatic rings. The first-order valence-corrected chi connectivity index (χ1v) is 7.39. The second-order valence-electron chi connectivity index (χ2n) is 4.92. The maximum Gasteiger partial charge on any atom is 0.254 e. The molecule has 0 aliphatic heterocycles. The van der Waals surface area contributed by atoms with Gasteiger partial charge < -0.3 is 9.64 Å². The topological polar surface area (TPSA) is 42.4 Å². The van der Waals surface area contributed by atoms with Crippen molar-refractivity contribution >= 4 is 29.4 Å². The molecule has 1 amide bonds. The predicted molar refractivity (Wildman–Crippen MR) is 87.2 cm³/mol. The Labute approximate surface area is 130 Å². The van der Waals surface area contributed by atoms with Crippen LogP contribution in [0.15, 0.2) is 29.3 Å². The van der Waals surface area contributed by atoms with Gasteiger partial charge in [-0.3, -0.25) is 9.78 Å². The van der Waals surface area contributed by atoms with Crippen molar-refractivity contribution < 1.29 is 9.53 Å². The van der Waals surface area contributed by atoms with Gasteiger partial charge >= 0.3 is 0 Å². The van der Waals surface area contributed by atoms with E-state index in [0.29, 0.717) is 25.3 Å². The van der Waals surface area contributed by atoms with Gasteiger partial charge in [0.1, 0.15) is 0 Å². The Bertz CT molecular complexity index is 658. The van der Waals surface area contributed by atoms with Crippen LogP contribution in [0.2, 0.25) is 0 Å². The largest absolute Gasteiger partial charge is 0.383 e. The Hall–Kier alpha value is -1.59. The molecule has 5 heteroatoms. The van der Waals surface area contributed by atoms with Gasteiger partial charge in [-0.15, -0.1) is 12.6 Å². The number of carbonyl (C=O) groups is 1. The van der Waals surface area contributed by atoms with Crippen LogP contribution < -0.4 is 0 Å². The maximum absolute atomic E-state index is 12.7. The second-order valence-corrected chi connectivity index (χ2v) is 5.40. The standard InChI is InChI=1S/C16H20N2O2S/c1-4-18(7-8-20-3)16(19)12-5-6-17-15-13(12)9-11(2)10-14(15)21/h5-6,9-10,21H,4,7-8H2,1-3H3. The molecule has 1 aromatic heterocycles. The highest BCUT2D eigenvalue weighted by molar-refractivity contribution is 7.80. The maximum atomic E-state index is 12.7. The third kappa shape index (κ3) is 3.36. The van der Waals surface area contributed by atoms with Gasteiger partial charge in [0.05, 0.1) is 17.7 Å². The number of thiol groups is 1. The number of hydrogen-bond donors (Lipinski definition) is 1. The summed E-state index contributed by atoms with van der Waals surface area (Å²) in [4.78, 5) is 19.6. The molecule has 0 atom stereocenters. The summed E-state index contributed by atoms with van der Waals surface area (Å²) in [6.07, 6.45) is 1.66. The van der Waals surface area contributed by atoms with Gasteiger partial charge in [0.15, 0.2) is 0 Å². The van der Waals surface area contributed by atoms with Gasteiger partial charge in [-0.1, -0.05) is 0 Å². The van der Waals surface area contributed by atoms with Crippen LogP contribution in [-0.4, -0.2) is 42.6 Å². The fourth-order valence-electron chi connectivity index (χ4n) is 2.34. The van der Waals surface area contributed by atoms with Crippen LogP contribution in [0.5, 0.6) is 0 Å². The number of benzene rings is 1. The lowest BCUT2D eigenvalue weighted by Gasteiger charge is -2.21. The minimum absolute atomic E-state index is 0.000262. The van der Waals surface area contributed by atoms with E-state index in [0.717, 1.165) is 21.4 Å². The van der Waals surface area contributed by atoms with E-state index in [9.17, 15) is 4.79 Å². The van der Waals surface area contributed by atoms with Crippen molar-refractivity contribution in [1.29, 1.82) is 0 Å². The summed E-state index contributed by atoms with van der Waals surface area (Å²) in [5.41, 5.74) is 2.49. The van der Waals surface area contributed by atoms with E-state index >= 15 is 0 Å². The third-order valence-electron chi connectivity index (χ3n) is 3.43. The number of carbonyl (C=O) groups excluding carboxylic acids is 1. The van der Waals surface area contributed by atoms with Crippen LogP contribution >= 0.6 is 12.6 Å². The van der Waals surface area contributed by atoms with Crippen LogP contribution in [0, 0.1) is 6.92 Å².